The molecule has 0 unspecified atom stereocenters. The number of sulfone groups is 1. The summed E-state index contributed by atoms with van der Waals surface area (Å²) >= 11 is 0. The highest BCUT2D eigenvalue weighted by atomic mass is 32.2. The Morgan fingerprint density at radius 2 is 1.78 bits per heavy atom. The lowest BCUT2D eigenvalue weighted by atomic mass is 10.1. The van der Waals surface area contributed by atoms with Crippen LogP contribution in [-0.2, 0) is 14.6 Å². The maximum absolute atomic E-state index is 12.4. The van der Waals surface area contributed by atoms with Crippen molar-refractivity contribution < 1.29 is 22.7 Å². The van der Waals surface area contributed by atoms with Gasteiger partial charge in [0.25, 0.3) is 0 Å². The van der Waals surface area contributed by atoms with Crippen LogP contribution in [0.25, 0.3) is 0 Å². The second-order valence-electron chi connectivity index (χ2n) is 9.84. The lowest BCUT2D eigenvalue weighted by Crippen LogP contribution is -2.44. The van der Waals surface area contributed by atoms with E-state index in [2.05, 4.69) is 15.3 Å². The van der Waals surface area contributed by atoms with Crippen LogP contribution in [-0.4, -0.2) is 80.7 Å². The lowest BCUT2D eigenvalue weighted by Gasteiger charge is -2.33. The van der Waals surface area contributed by atoms with Crippen molar-refractivity contribution in [3.63, 3.8) is 0 Å². The molecule has 1 fully saturated rings. The molecular formula is C24H34N6O5S. The minimum absolute atomic E-state index is 0.200. The smallest absolute Gasteiger partial charge is 0.410 e. The summed E-state index contributed by atoms with van der Waals surface area (Å²) in [7, 11) is 0.284. The minimum Gasteiger partial charge on any atom is -0.474 e. The van der Waals surface area contributed by atoms with Gasteiger partial charge in [-0.05, 0) is 45.0 Å². The van der Waals surface area contributed by atoms with E-state index < -0.39 is 15.4 Å². The van der Waals surface area contributed by atoms with Gasteiger partial charge in [0.1, 0.15) is 17.5 Å². The molecule has 11 nitrogen and oxygen atoms in total. The molecule has 0 radical (unpaired) electrons. The molecule has 1 amide bonds. The quantitative estimate of drug-likeness (QED) is 0.528. The number of nitrogens with zero attached hydrogens (tertiary/aromatic N) is 4. The summed E-state index contributed by atoms with van der Waals surface area (Å²) in [5, 5.41) is 11.1. The van der Waals surface area contributed by atoms with E-state index in [-0.39, 0.29) is 23.0 Å². The van der Waals surface area contributed by atoms with Gasteiger partial charge in [0, 0.05) is 58.2 Å². The third-order valence-electron chi connectivity index (χ3n) is 5.36. The number of nitrogens with one attached hydrogen (secondary N) is 2. The molecule has 196 valence electrons. The molecule has 1 aliphatic heterocycles. The number of piperidine rings is 1. The van der Waals surface area contributed by atoms with E-state index in [9.17, 15) is 13.2 Å². The van der Waals surface area contributed by atoms with Gasteiger partial charge in [0.05, 0.1) is 10.5 Å². The Balaban J connectivity index is 1.80. The van der Waals surface area contributed by atoms with Crippen molar-refractivity contribution in [2.45, 2.75) is 50.2 Å². The molecule has 0 spiro atoms. The molecule has 0 aliphatic carbocycles. The van der Waals surface area contributed by atoms with Crippen molar-refractivity contribution in [2.75, 3.05) is 43.7 Å². The van der Waals surface area contributed by atoms with E-state index in [1.165, 1.54) is 12.1 Å². The number of hydrogen-bond acceptors (Lipinski definition) is 10. The van der Waals surface area contributed by atoms with Gasteiger partial charge in [-0.15, -0.1) is 0 Å². The van der Waals surface area contributed by atoms with Gasteiger partial charge in [0.2, 0.25) is 11.8 Å². The highest BCUT2D eigenvalue weighted by Crippen LogP contribution is 2.30. The molecule has 2 heterocycles. The van der Waals surface area contributed by atoms with E-state index in [0.717, 1.165) is 12.5 Å². The largest absolute Gasteiger partial charge is 0.474 e. The van der Waals surface area contributed by atoms with Crippen LogP contribution in [0.5, 0.6) is 5.88 Å². The van der Waals surface area contributed by atoms with E-state index in [0.29, 0.717) is 48.9 Å². The van der Waals surface area contributed by atoms with E-state index in [1.54, 1.807) is 36.0 Å². The van der Waals surface area contributed by atoms with Gasteiger partial charge in [-0.2, -0.15) is 9.97 Å². The number of anilines is 3. The van der Waals surface area contributed by atoms with Crippen molar-refractivity contribution in [1.29, 1.82) is 5.41 Å². The van der Waals surface area contributed by atoms with E-state index in [4.69, 9.17) is 14.9 Å². The second kappa shape index (κ2) is 10.7. The average Bonchev–Trinajstić information content (AvgIpc) is 2.78. The van der Waals surface area contributed by atoms with Crippen LogP contribution in [0.3, 0.4) is 0 Å². The predicted molar refractivity (Wildman–Crippen MR) is 139 cm³/mol. The number of hydrogen-bond donors (Lipinski definition) is 2. The van der Waals surface area contributed by atoms with Crippen LogP contribution in [0, 0.1) is 5.41 Å². The number of aromatic nitrogens is 2. The fraction of sp³-hybridized carbons (Fsp3) is 0.500. The molecule has 1 aromatic heterocycles. The Morgan fingerprint density at radius 3 is 2.28 bits per heavy atom. The van der Waals surface area contributed by atoms with E-state index >= 15 is 0 Å². The van der Waals surface area contributed by atoms with Crippen LogP contribution in [0.4, 0.5) is 22.2 Å². The highest BCUT2D eigenvalue weighted by molar-refractivity contribution is 7.90. The average molecular weight is 519 g/mol. The number of benzene rings is 1. The van der Waals surface area contributed by atoms with E-state index in [1.807, 2.05) is 20.8 Å². The molecule has 0 bridgehead atoms. The third kappa shape index (κ3) is 7.06. The number of amides is 1. The van der Waals surface area contributed by atoms with Gasteiger partial charge in [0.15, 0.2) is 9.84 Å². The molecule has 3 rings (SSSR count). The Bertz CT molecular complexity index is 1200. The first-order valence-corrected chi connectivity index (χ1v) is 13.5. The Hall–Kier alpha value is -3.41. The molecule has 12 heteroatoms. The van der Waals surface area contributed by atoms with Gasteiger partial charge in [-0.25, -0.2) is 13.2 Å². The lowest BCUT2D eigenvalue weighted by molar-refractivity contribution is 0.0123. The topological polar surface area (TPSA) is 138 Å². The zero-order chi connectivity index (χ0) is 26.7. The van der Waals surface area contributed by atoms with Crippen molar-refractivity contribution in [2.24, 2.45) is 0 Å². The maximum Gasteiger partial charge on any atom is 0.410 e. The number of likely N-dealkylation sites (tertiary alicyclic amines) is 1. The molecular weight excluding hydrogens is 484 g/mol. The fourth-order valence-corrected chi connectivity index (χ4v) is 4.15. The molecule has 36 heavy (non-hydrogen) atoms. The Labute approximate surface area is 212 Å². The van der Waals surface area contributed by atoms with Crippen LogP contribution < -0.4 is 15.0 Å². The summed E-state index contributed by atoms with van der Waals surface area (Å²) in [6, 6.07) is 6.28. The highest BCUT2D eigenvalue weighted by Gasteiger charge is 2.29. The van der Waals surface area contributed by atoms with Crippen LogP contribution in [0.15, 0.2) is 29.2 Å². The fourth-order valence-electron chi connectivity index (χ4n) is 3.52. The summed E-state index contributed by atoms with van der Waals surface area (Å²) in [5.41, 5.74) is 0.411. The van der Waals surface area contributed by atoms with Crippen molar-refractivity contribution >= 4 is 39.6 Å². The first kappa shape index (κ1) is 27.2. The monoisotopic (exact) mass is 518 g/mol. The maximum atomic E-state index is 12.4. The number of carbonyl (C=O) groups is 1. The minimum atomic E-state index is -3.31. The van der Waals surface area contributed by atoms with Crippen LogP contribution >= 0.6 is 0 Å². The number of ether oxygens (including phenoxy) is 2. The first-order valence-electron chi connectivity index (χ1n) is 11.6. The SMILES string of the molecule is CN(C)c1nc(Nc2ccc(S(C)(=O)=O)cc2)c(C=N)c(OC2CCN(C(=O)OC(C)(C)C)CC2)n1. The zero-order valence-electron chi connectivity index (χ0n) is 21.5. The van der Waals surface area contributed by atoms with Crippen LogP contribution in [0.2, 0.25) is 0 Å². The van der Waals surface area contributed by atoms with Crippen molar-refractivity contribution in [3.8, 4) is 5.88 Å². The normalized spacial score (nSPS) is 14.8. The van der Waals surface area contributed by atoms with Gasteiger partial charge in [-0.3, -0.25) is 0 Å². The third-order valence-corrected chi connectivity index (χ3v) is 6.49. The summed E-state index contributed by atoms with van der Waals surface area (Å²) in [5.74, 6) is 1.00. The predicted octanol–water partition coefficient (Wildman–Crippen LogP) is 3.47. The Kier molecular flexibility index (Phi) is 8.07. The molecule has 1 aliphatic rings. The molecule has 0 saturated carbocycles. The number of rotatable bonds is 7. The molecule has 1 aromatic carbocycles. The van der Waals surface area contributed by atoms with Crippen molar-refractivity contribution in [3.05, 3.63) is 29.8 Å². The molecule has 1 saturated heterocycles. The molecule has 2 N–H and O–H groups in total. The Morgan fingerprint density at radius 1 is 1.17 bits per heavy atom. The standard InChI is InChI=1S/C24H34N6O5S/c1-24(2,3)35-23(31)30-13-11-17(12-14-30)34-21-19(15-25)20(27-22(28-21)29(4)5)26-16-7-9-18(10-8-16)36(6,32)33/h7-10,15,17,25H,11-14H2,1-6H3,(H,26,27,28). The molecule has 0 atom stereocenters. The van der Waals surface area contributed by atoms with Crippen LogP contribution in [0.1, 0.15) is 39.2 Å². The summed E-state index contributed by atoms with van der Waals surface area (Å²) in [6.07, 6.45) is 2.91. The summed E-state index contributed by atoms with van der Waals surface area (Å²) in [4.78, 5) is 25.0. The first-order chi connectivity index (χ1) is 16.8. The summed E-state index contributed by atoms with van der Waals surface area (Å²) < 4.78 is 35.2. The second-order valence-corrected chi connectivity index (χ2v) is 11.9. The number of carbonyl (C=O) groups excluding carboxylic acids is 1. The van der Waals surface area contributed by atoms with Gasteiger partial charge >= 0.3 is 6.09 Å². The summed E-state index contributed by atoms with van der Waals surface area (Å²) in [6.45, 7) is 6.49. The van der Waals surface area contributed by atoms with Gasteiger partial charge in [-0.1, -0.05) is 0 Å². The zero-order valence-corrected chi connectivity index (χ0v) is 22.3. The van der Waals surface area contributed by atoms with Crippen molar-refractivity contribution in [1.82, 2.24) is 14.9 Å². The van der Waals surface area contributed by atoms with Gasteiger partial charge < -0.3 is 30.0 Å². The molecule has 2 aromatic rings.